The highest BCUT2D eigenvalue weighted by atomic mass is 32.2. The number of carbonyl (C=O) groups excluding carboxylic acids is 1. The van der Waals surface area contributed by atoms with E-state index in [1.807, 2.05) is 0 Å². The lowest BCUT2D eigenvalue weighted by molar-refractivity contribution is -0.132. The van der Waals surface area contributed by atoms with Crippen LogP contribution in [-0.2, 0) is 25.9 Å². The highest BCUT2D eigenvalue weighted by Crippen LogP contribution is 2.37. The van der Waals surface area contributed by atoms with E-state index in [0.717, 1.165) is 31.5 Å². The van der Waals surface area contributed by atoms with E-state index in [9.17, 15) is 18.0 Å². The Morgan fingerprint density at radius 1 is 1.19 bits per heavy atom. The van der Waals surface area contributed by atoms with Gasteiger partial charge in [-0.3, -0.25) is 9.36 Å². The molecule has 10 heteroatoms. The second kappa shape index (κ2) is 9.58. The van der Waals surface area contributed by atoms with Crippen molar-refractivity contribution in [2.75, 3.05) is 32.6 Å². The number of sulfone groups is 1. The molecule has 1 aromatic heterocycles. The first kappa shape index (κ1) is 22.7. The van der Waals surface area contributed by atoms with E-state index in [2.05, 4.69) is 5.10 Å². The van der Waals surface area contributed by atoms with Crippen molar-refractivity contribution in [2.24, 2.45) is 0 Å². The third kappa shape index (κ3) is 4.96. The fourth-order valence-corrected chi connectivity index (χ4v) is 5.51. The summed E-state index contributed by atoms with van der Waals surface area (Å²) in [4.78, 5) is 27.7. The molecule has 1 saturated carbocycles. The minimum atomic E-state index is -3.50. The van der Waals surface area contributed by atoms with Gasteiger partial charge in [0.1, 0.15) is 5.82 Å². The molecule has 9 nitrogen and oxygen atoms in total. The monoisotopic (exact) mass is 462 g/mol. The second-order valence-corrected chi connectivity index (χ2v) is 10.6. The fourth-order valence-electron chi connectivity index (χ4n) is 4.25. The number of likely N-dealkylation sites (tertiary alicyclic amines) is 1. The minimum absolute atomic E-state index is 0.0319. The number of hydrogen-bond acceptors (Lipinski definition) is 6. The first-order valence-corrected chi connectivity index (χ1v) is 12.8. The summed E-state index contributed by atoms with van der Waals surface area (Å²) in [5, 5.41) is 4.60. The molecule has 4 rings (SSSR count). The van der Waals surface area contributed by atoms with Crippen LogP contribution in [0.1, 0.15) is 49.9 Å². The van der Waals surface area contributed by atoms with Gasteiger partial charge < -0.3 is 9.64 Å². The summed E-state index contributed by atoms with van der Waals surface area (Å²) >= 11 is 0. The van der Waals surface area contributed by atoms with Crippen LogP contribution in [0, 0.1) is 0 Å². The summed E-state index contributed by atoms with van der Waals surface area (Å²) in [6, 6.07) is 8.40. The second-order valence-electron chi connectivity index (χ2n) is 8.52. The first-order chi connectivity index (χ1) is 15.4. The molecule has 0 radical (unpaired) electrons. The Hall–Kier alpha value is -2.46. The molecular weight excluding hydrogens is 432 g/mol. The van der Waals surface area contributed by atoms with Crippen molar-refractivity contribution in [1.29, 1.82) is 0 Å². The number of benzene rings is 1. The molecule has 2 aliphatic rings. The first-order valence-electron chi connectivity index (χ1n) is 11.1. The van der Waals surface area contributed by atoms with Crippen LogP contribution < -0.4 is 5.69 Å². The van der Waals surface area contributed by atoms with Crippen LogP contribution in [0.25, 0.3) is 0 Å². The van der Waals surface area contributed by atoms with Gasteiger partial charge >= 0.3 is 5.69 Å². The normalized spacial score (nSPS) is 19.3. The summed E-state index contributed by atoms with van der Waals surface area (Å²) in [5.74, 6) is 0.321. The lowest BCUT2D eigenvalue weighted by Crippen LogP contribution is -2.40. The molecule has 1 unspecified atom stereocenters. The number of amides is 1. The number of carbonyl (C=O) groups is 1. The zero-order valence-electron chi connectivity index (χ0n) is 18.4. The van der Waals surface area contributed by atoms with Gasteiger partial charge in [-0.05, 0) is 37.8 Å². The molecule has 0 bridgehead atoms. The van der Waals surface area contributed by atoms with E-state index in [-0.39, 0.29) is 40.6 Å². The number of aromatic nitrogens is 3. The van der Waals surface area contributed by atoms with Crippen LogP contribution in [0.4, 0.5) is 0 Å². The quantitative estimate of drug-likeness (QED) is 0.561. The summed E-state index contributed by atoms with van der Waals surface area (Å²) in [6.07, 6.45) is 3.53. The van der Waals surface area contributed by atoms with Crippen LogP contribution in [0.2, 0.25) is 0 Å². The van der Waals surface area contributed by atoms with E-state index >= 15 is 0 Å². The number of ether oxygens (including phenoxy) is 1. The summed E-state index contributed by atoms with van der Waals surface area (Å²) in [6.45, 7) is 1.86. The Balaban J connectivity index is 1.44. The van der Waals surface area contributed by atoms with Crippen molar-refractivity contribution in [3.05, 3.63) is 46.6 Å². The van der Waals surface area contributed by atoms with Gasteiger partial charge in [-0.2, -0.15) is 5.10 Å². The average Bonchev–Trinajstić information content (AvgIpc) is 3.59. The highest BCUT2D eigenvalue weighted by molar-refractivity contribution is 7.91. The number of piperidine rings is 1. The molecule has 174 valence electrons. The lowest BCUT2D eigenvalue weighted by Gasteiger charge is -2.32. The standard InChI is InChI=1S/C22H30N4O5S/c1-31-14-13-25-22(28)26(18-9-10-18)21(23-25)17-6-5-12-24(16-17)20(27)11-15-32(29,30)19-7-3-2-4-8-19/h2-4,7-8,17-18H,5-6,9-16H2,1H3. The number of methoxy groups -OCH3 is 1. The van der Waals surface area contributed by atoms with Gasteiger partial charge in [0.2, 0.25) is 5.91 Å². The number of hydrogen-bond donors (Lipinski definition) is 0. The predicted molar refractivity (Wildman–Crippen MR) is 118 cm³/mol. The molecule has 1 aliphatic carbocycles. The maximum absolute atomic E-state index is 12.8. The minimum Gasteiger partial charge on any atom is -0.383 e. The van der Waals surface area contributed by atoms with Gasteiger partial charge in [-0.15, -0.1) is 0 Å². The number of rotatable bonds is 9. The van der Waals surface area contributed by atoms with E-state index in [0.29, 0.717) is 26.2 Å². The zero-order chi connectivity index (χ0) is 22.7. The molecule has 2 aromatic rings. The van der Waals surface area contributed by atoms with Crippen LogP contribution in [0.15, 0.2) is 40.0 Å². The van der Waals surface area contributed by atoms with Crippen LogP contribution >= 0.6 is 0 Å². The Bertz CT molecular complexity index is 1110. The van der Waals surface area contributed by atoms with Gasteiger partial charge in [-0.25, -0.2) is 17.9 Å². The Kier molecular flexibility index (Phi) is 6.80. The fraction of sp³-hybridized carbons (Fsp3) is 0.591. The molecule has 32 heavy (non-hydrogen) atoms. The maximum Gasteiger partial charge on any atom is 0.346 e. The summed E-state index contributed by atoms with van der Waals surface area (Å²) in [5.41, 5.74) is -0.114. The third-order valence-electron chi connectivity index (χ3n) is 6.14. The van der Waals surface area contributed by atoms with Crippen molar-refractivity contribution < 1.29 is 17.9 Å². The number of nitrogens with zero attached hydrogens (tertiary/aromatic N) is 4. The molecule has 1 aliphatic heterocycles. The van der Waals surface area contributed by atoms with Gasteiger partial charge in [-0.1, -0.05) is 18.2 Å². The average molecular weight is 463 g/mol. The Morgan fingerprint density at radius 3 is 2.62 bits per heavy atom. The predicted octanol–water partition coefficient (Wildman–Crippen LogP) is 1.60. The Morgan fingerprint density at radius 2 is 1.94 bits per heavy atom. The molecule has 2 fully saturated rings. The van der Waals surface area contributed by atoms with Crippen molar-refractivity contribution in [1.82, 2.24) is 19.2 Å². The van der Waals surface area contributed by atoms with E-state index < -0.39 is 9.84 Å². The van der Waals surface area contributed by atoms with Crippen molar-refractivity contribution in [3.63, 3.8) is 0 Å². The Labute approximate surface area is 187 Å². The van der Waals surface area contributed by atoms with Crippen LogP contribution in [0.5, 0.6) is 0 Å². The van der Waals surface area contributed by atoms with Gasteiger partial charge in [0.05, 0.1) is 23.8 Å². The van der Waals surface area contributed by atoms with Crippen molar-refractivity contribution in [2.45, 2.75) is 55.5 Å². The van der Waals surface area contributed by atoms with E-state index in [4.69, 9.17) is 4.74 Å². The van der Waals surface area contributed by atoms with Gasteiger partial charge in [0, 0.05) is 38.6 Å². The van der Waals surface area contributed by atoms with E-state index in [1.54, 1.807) is 46.9 Å². The molecule has 0 spiro atoms. The van der Waals surface area contributed by atoms with Gasteiger partial charge in [0.25, 0.3) is 0 Å². The smallest absolute Gasteiger partial charge is 0.346 e. The third-order valence-corrected chi connectivity index (χ3v) is 7.87. The summed E-state index contributed by atoms with van der Waals surface area (Å²) in [7, 11) is -1.91. The molecule has 2 heterocycles. The zero-order valence-corrected chi connectivity index (χ0v) is 19.2. The van der Waals surface area contributed by atoms with Crippen molar-refractivity contribution >= 4 is 15.7 Å². The molecule has 1 saturated heterocycles. The largest absolute Gasteiger partial charge is 0.383 e. The molecule has 1 amide bonds. The van der Waals surface area contributed by atoms with Crippen LogP contribution in [-0.4, -0.2) is 66.1 Å². The van der Waals surface area contributed by atoms with Gasteiger partial charge in [0.15, 0.2) is 9.84 Å². The maximum atomic E-state index is 12.8. The highest BCUT2D eigenvalue weighted by Gasteiger charge is 2.35. The van der Waals surface area contributed by atoms with Crippen molar-refractivity contribution in [3.8, 4) is 0 Å². The van der Waals surface area contributed by atoms with Crippen LogP contribution in [0.3, 0.4) is 0 Å². The van der Waals surface area contributed by atoms with E-state index in [1.165, 1.54) is 4.68 Å². The molecular formula is C22H30N4O5S. The summed E-state index contributed by atoms with van der Waals surface area (Å²) < 4.78 is 33.4. The molecule has 1 aromatic carbocycles. The SMILES string of the molecule is COCCn1nc(C2CCCN(C(=O)CCS(=O)(=O)c3ccccc3)C2)n(C2CC2)c1=O. The lowest BCUT2D eigenvalue weighted by atomic mass is 9.97. The molecule has 0 N–H and O–H groups in total. The molecule has 1 atom stereocenters. The topological polar surface area (TPSA) is 104 Å².